The number of carbonyl (C=O) groups excluding carboxylic acids is 2. The van der Waals surface area contributed by atoms with E-state index in [1.807, 2.05) is 0 Å². The van der Waals surface area contributed by atoms with Gasteiger partial charge in [-0.2, -0.15) is 5.10 Å². The molecule has 1 atom stereocenters. The van der Waals surface area contributed by atoms with Gasteiger partial charge in [-0.3, -0.25) is 19.3 Å². The third-order valence-corrected chi connectivity index (χ3v) is 3.89. The molecule has 3 rings (SSSR count). The lowest BCUT2D eigenvalue weighted by atomic mass is 10.1. The molecule has 1 aliphatic heterocycles. The topological polar surface area (TPSA) is 89.4 Å². The van der Waals surface area contributed by atoms with Gasteiger partial charge in [0.15, 0.2) is 0 Å². The second kappa shape index (κ2) is 6.79. The number of hydrogen-bond donors (Lipinski definition) is 1. The first-order chi connectivity index (χ1) is 11.6. The number of amides is 2. The summed E-state index contributed by atoms with van der Waals surface area (Å²) in [6.45, 7) is 1.35. The van der Waals surface area contributed by atoms with Gasteiger partial charge in [0, 0.05) is 33.0 Å². The van der Waals surface area contributed by atoms with Gasteiger partial charge in [-0.05, 0) is 18.2 Å². The van der Waals surface area contributed by atoms with Crippen LogP contribution in [0.3, 0.4) is 0 Å². The number of nitrogens with one attached hydrogen (secondary N) is 1. The molecule has 8 heteroatoms. The minimum absolute atomic E-state index is 0.120. The molecule has 0 aliphatic carbocycles. The molecular weight excluding hydrogens is 310 g/mol. The lowest BCUT2D eigenvalue weighted by Gasteiger charge is -2.32. The Kier molecular flexibility index (Phi) is 4.57. The van der Waals surface area contributed by atoms with Crippen LogP contribution >= 0.6 is 0 Å². The number of pyridine rings is 1. The first kappa shape index (κ1) is 16.1. The van der Waals surface area contributed by atoms with E-state index in [-0.39, 0.29) is 17.9 Å². The summed E-state index contributed by atoms with van der Waals surface area (Å²) in [5.74, 6) is -0.309. The summed E-state index contributed by atoms with van der Waals surface area (Å²) < 4.78 is 7.33. The molecule has 2 amide bonds. The third-order valence-electron chi connectivity index (χ3n) is 3.89. The van der Waals surface area contributed by atoms with E-state index in [1.165, 1.54) is 6.20 Å². The third kappa shape index (κ3) is 3.28. The molecule has 1 fully saturated rings. The fraction of sp³-hybridized carbons (Fsp3) is 0.375. The average Bonchev–Trinajstić information content (AvgIpc) is 3.07. The Hall–Kier alpha value is -2.74. The van der Waals surface area contributed by atoms with Crippen LogP contribution in [0.15, 0.2) is 30.6 Å². The van der Waals surface area contributed by atoms with Crippen molar-refractivity contribution in [3.05, 3.63) is 47.5 Å². The number of morpholine rings is 1. The first-order valence-corrected chi connectivity index (χ1v) is 7.67. The summed E-state index contributed by atoms with van der Waals surface area (Å²) in [4.78, 5) is 30.1. The highest BCUT2D eigenvalue weighted by Crippen LogP contribution is 2.21. The molecule has 126 valence electrons. The maximum atomic E-state index is 12.5. The zero-order valence-corrected chi connectivity index (χ0v) is 13.6. The van der Waals surface area contributed by atoms with Crippen LogP contribution in [0.1, 0.15) is 32.6 Å². The van der Waals surface area contributed by atoms with Gasteiger partial charge < -0.3 is 15.0 Å². The van der Waals surface area contributed by atoms with E-state index >= 15 is 0 Å². The van der Waals surface area contributed by atoms with Gasteiger partial charge in [0.1, 0.15) is 11.8 Å². The van der Waals surface area contributed by atoms with Crippen molar-refractivity contribution in [2.45, 2.75) is 6.10 Å². The normalized spacial score (nSPS) is 17.6. The van der Waals surface area contributed by atoms with Crippen LogP contribution in [-0.4, -0.2) is 58.2 Å². The largest absolute Gasteiger partial charge is 0.368 e. The van der Waals surface area contributed by atoms with Gasteiger partial charge in [0.2, 0.25) is 0 Å². The molecule has 1 saturated heterocycles. The van der Waals surface area contributed by atoms with Gasteiger partial charge >= 0.3 is 0 Å². The summed E-state index contributed by atoms with van der Waals surface area (Å²) in [6, 6.07) is 5.15. The van der Waals surface area contributed by atoms with Crippen molar-refractivity contribution in [2.24, 2.45) is 7.05 Å². The number of hydrogen-bond acceptors (Lipinski definition) is 5. The Morgan fingerprint density at radius 3 is 2.79 bits per heavy atom. The lowest BCUT2D eigenvalue weighted by molar-refractivity contribution is -0.0249. The zero-order valence-electron chi connectivity index (χ0n) is 13.6. The van der Waals surface area contributed by atoms with Gasteiger partial charge in [0.05, 0.1) is 24.4 Å². The Labute approximate surface area is 139 Å². The van der Waals surface area contributed by atoms with Crippen LogP contribution in [0.25, 0.3) is 0 Å². The maximum Gasteiger partial charge on any atom is 0.274 e. The summed E-state index contributed by atoms with van der Waals surface area (Å²) in [7, 11) is 3.35. The van der Waals surface area contributed by atoms with Crippen LogP contribution < -0.4 is 5.32 Å². The molecule has 8 nitrogen and oxygen atoms in total. The molecule has 1 N–H and O–H groups in total. The van der Waals surface area contributed by atoms with Crippen molar-refractivity contribution in [1.82, 2.24) is 25.0 Å². The molecule has 0 spiro atoms. The molecule has 0 saturated carbocycles. The maximum absolute atomic E-state index is 12.5. The van der Waals surface area contributed by atoms with Crippen LogP contribution in [0, 0.1) is 0 Å². The van der Waals surface area contributed by atoms with Crippen molar-refractivity contribution in [3.63, 3.8) is 0 Å². The zero-order chi connectivity index (χ0) is 17.1. The fourth-order valence-electron chi connectivity index (χ4n) is 2.58. The highest BCUT2D eigenvalue weighted by Gasteiger charge is 2.28. The van der Waals surface area contributed by atoms with Crippen molar-refractivity contribution in [1.29, 1.82) is 0 Å². The molecular formula is C16H19N5O3. The molecule has 24 heavy (non-hydrogen) atoms. The Bertz CT molecular complexity index is 740. The molecule has 3 heterocycles. The van der Waals surface area contributed by atoms with Crippen molar-refractivity contribution in [2.75, 3.05) is 26.7 Å². The van der Waals surface area contributed by atoms with E-state index in [1.54, 1.807) is 48.1 Å². The van der Waals surface area contributed by atoms with E-state index in [9.17, 15) is 9.59 Å². The number of carbonyl (C=O) groups is 2. The predicted octanol–water partition coefficient (Wildman–Crippen LogP) is 0.388. The highest BCUT2D eigenvalue weighted by molar-refractivity contribution is 5.93. The number of rotatable bonds is 3. The average molecular weight is 329 g/mol. The number of nitrogens with zero attached hydrogens (tertiary/aromatic N) is 4. The van der Waals surface area contributed by atoms with Gasteiger partial charge in [-0.25, -0.2) is 0 Å². The molecule has 1 unspecified atom stereocenters. The van der Waals surface area contributed by atoms with E-state index in [0.29, 0.717) is 36.6 Å². The van der Waals surface area contributed by atoms with Crippen LogP contribution in [0.4, 0.5) is 0 Å². The van der Waals surface area contributed by atoms with Gasteiger partial charge in [-0.1, -0.05) is 0 Å². The van der Waals surface area contributed by atoms with Gasteiger partial charge in [0.25, 0.3) is 11.8 Å². The monoisotopic (exact) mass is 329 g/mol. The number of aromatic nitrogens is 3. The molecule has 0 radical (unpaired) electrons. The number of ether oxygens (including phenoxy) is 1. The van der Waals surface area contributed by atoms with E-state index < -0.39 is 0 Å². The van der Waals surface area contributed by atoms with E-state index in [0.717, 1.165) is 0 Å². The Morgan fingerprint density at radius 2 is 2.17 bits per heavy atom. The van der Waals surface area contributed by atoms with E-state index in [2.05, 4.69) is 15.4 Å². The lowest BCUT2D eigenvalue weighted by Crippen LogP contribution is -2.42. The van der Waals surface area contributed by atoms with Crippen LogP contribution in [0.2, 0.25) is 0 Å². The molecule has 2 aromatic heterocycles. The van der Waals surface area contributed by atoms with Crippen molar-refractivity contribution >= 4 is 11.8 Å². The highest BCUT2D eigenvalue weighted by atomic mass is 16.5. The van der Waals surface area contributed by atoms with E-state index in [4.69, 9.17) is 4.74 Å². The Morgan fingerprint density at radius 1 is 1.33 bits per heavy atom. The predicted molar refractivity (Wildman–Crippen MR) is 85.4 cm³/mol. The quantitative estimate of drug-likeness (QED) is 0.880. The smallest absolute Gasteiger partial charge is 0.274 e. The molecule has 1 aliphatic rings. The van der Waals surface area contributed by atoms with Crippen molar-refractivity contribution < 1.29 is 14.3 Å². The molecule has 0 aromatic carbocycles. The minimum Gasteiger partial charge on any atom is -0.368 e. The van der Waals surface area contributed by atoms with Crippen LogP contribution in [0.5, 0.6) is 0 Å². The fourth-order valence-corrected chi connectivity index (χ4v) is 2.58. The van der Waals surface area contributed by atoms with Crippen molar-refractivity contribution in [3.8, 4) is 0 Å². The first-order valence-electron chi connectivity index (χ1n) is 7.67. The molecule has 2 aromatic rings. The Balaban J connectivity index is 1.71. The summed E-state index contributed by atoms with van der Waals surface area (Å²) >= 11 is 0. The summed E-state index contributed by atoms with van der Waals surface area (Å²) in [6.07, 6.45) is 2.94. The second-order valence-corrected chi connectivity index (χ2v) is 5.54. The summed E-state index contributed by atoms with van der Waals surface area (Å²) in [5.41, 5.74) is 1.60. The standard InChI is InChI=1S/C16H19N5O3/c1-17-15(22)11-3-4-12(18-9-11)14-10-21(7-8-24-14)16(23)13-5-6-20(2)19-13/h3-6,9,14H,7-8,10H2,1-2H3,(H,17,22). The van der Waals surface area contributed by atoms with Crippen LogP contribution in [-0.2, 0) is 11.8 Å². The molecule has 0 bridgehead atoms. The second-order valence-electron chi connectivity index (χ2n) is 5.54. The number of aryl methyl sites for hydroxylation is 1. The SMILES string of the molecule is CNC(=O)c1ccc(C2CN(C(=O)c3ccn(C)n3)CCO2)nc1. The summed E-state index contributed by atoms with van der Waals surface area (Å²) in [5, 5.41) is 6.70. The minimum atomic E-state index is -0.315. The van der Waals surface area contributed by atoms with Gasteiger partial charge in [-0.15, -0.1) is 0 Å².